The van der Waals surface area contributed by atoms with Gasteiger partial charge in [-0.2, -0.15) is 0 Å². The highest BCUT2D eigenvalue weighted by molar-refractivity contribution is 5.25. The van der Waals surface area contributed by atoms with Crippen LogP contribution in [0.5, 0.6) is 0 Å². The van der Waals surface area contributed by atoms with E-state index in [2.05, 4.69) is 38.1 Å². The smallest absolute Gasteiger partial charge is 0.0180 e. The van der Waals surface area contributed by atoms with Crippen LogP contribution in [0, 0.1) is 13.8 Å². The highest BCUT2D eigenvalue weighted by atomic mass is 14.5. The molecule has 0 aliphatic rings. The largest absolute Gasteiger partial charge is 0.326 e. The van der Waals surface area contributed by atoms with E-state index in [0.717, 1.165) is 0 Å². The summed E-state index contributed by atoms with van der Waals surface area (Å²) in [5, 5.41) is 0. The summed E-state index contributed by atoms with van der Waals surface area (Å²) in [6.45, 7) is 5.43. The normalized spacial score (nSPS) is 9.56. The summed E-state index contributed by atoms with van der Waals surface area (Å²) < 4.78 is 0. The van der Waals surface area contributed by atoms with Gasteiger partial charge in [-0.05, 0) is 36.1 Å². The van der Waals surface area contributed by atoms with Crippen molar-refractivity contribution >= 4 is 0 Å². The standard InChI is InChI=1S/2C8H11N/c2*1-7-4-2-3-5-8(7)6-9/h2*2-5H,6,9H2,1H3. The molecule has 18 heavy (non-hydrogen) atoms. The van der Waals surface area contributed by atoms with Crippen LogP contribution >= 0.6 is 0 Å². The number of aryl methyl sites for hydroxylation is 2. The summed E-state index contributed by atoms with van der Waals surface area (Å²) >= 11 is 0. The first-order valence-electron chi connectivity index (χ1n) is 6.18. The first-order chi connectivity index (χ1) is 8.69. The lowest BCUT2D eigenvalue weighted by Crippen LogP contribution is -1.97. The van der Waals surface area contributed by atoms with Gasteiger partial charge in [0.2, 0.25) is 0 Å². The van der Waals surface area contributed by atoms with Crippen LogP contribution in [-0.2, 0) is 13.1 Å². The molecule has 96 valence electrons. The van der Waals surface area contributed by atoms with Crippen molar-refractivity contribution < 1.29 is 0 Å². The van der Waals surface area contributed by atoms with Crippen molar-refractivity contribution in [2.75, 3.05) is 0 Å². The average molecular weight is 242 g/mol. The first-order valence-corrected chi connectivity index (χ1v) is 6.18. The summed E-state index contributed by atoms with van der Waals surface area (Å²) in [4.78, 5) is 0. The van der Waals surface area contributed by atoms with E-state index >= 15 is 0 Å². The van der Waals surface area contributed by atoms with Crippen LogP contribution in [0.2, 0.25) is 0 Å². The van der Waals surface area contributed by atoms with Crippen LogP contribution in [0.3, 0.4) is 0 Å². The van der Waals surface area contributed by atoms with E-state index in [1.54, 1.807) is 0 Å². The lowest BCUT2D eigenvalue weighted by molar-refractivity contribution is 1.05. The second-order valence-corrected chi connectivity index (χ2v) is 4.26. The van der Waals surface area contributed by atoms with Gasteiger partial charge >= 0.3 is 0 Å². The fraction of sp³-hybridized carbons (Fsp3) is 0.250. The molecule has 0 radical (unpaired) electrons. The lowest BCUT2D eigenvalue weighted by Gasteiger charge is -1.98. The Labute approximate surface area is 110 Å². The molecule has 0 saturated carbocycles. The first kappa shape index (κ1) is 14.4. The fourth-order valence-corrected chi connectivity index (χ4v) is 1.68. The van der Waals surface area contributed by atoms with Crippen molar-refractivity contribution in [1.82, 2.24) is 0 Å². The van der Waals surface area contributed by atoms with E-state index in [1.807, 2.05) is 24.3 Å². The van der Waals surface area contributed by atoms with Gasteiger partial charge in [-0.1, -0.05) is 48.5 Å². The predicted octanol–water partition coefficient (Wildman–Crippen LogP) is 2.91. The molecule has 0 atom stereocenters. The van der Waals surface area contributed by atoms with Crippen molar-refractivity contribution in [2.24, 2.45) is 11.5 Å². The molecule has 0 unspecified atom stereocenters. The number of hydrogen-bond acceptors (Lipinski definition) is 2. The zero-order chi connectivity index (χ0) is 13.4. The maximum absolute atomic E-state index is 5.45. The average Bonchev–Trinajstić information content (AvgIpc) is 2.41. The van der Waals surface area contributed by atoms with E-state index in [1.165, 1.54) is 22.3 Å². The molecule has 2 rings (SSSR count). The number of benzene rings is 2. The quantitative estimate of drug-likeness (QED) is 0.850. The van der Waals surface area contributed by atoms with Crippen molar-refractivity contribution in [1.29, 1.82) is 0 Å². The monoisotopic (exact) mass is 242 g/mol. The molecular weight excluding hydrogens is 220 g/mol. The van der Waals surface area contributed by atoms with Gasteiger partial charge in [0, 0.05) is 13.1 Å². The molecule has 0 amide bonds. The molecule has 2 aromatic carbocycles. The summed E-state index contributed by atoms with van der Waals surface area (Å²) in [5.74, 6) is 0. The fourth-order valence-electron chi connectivity index (χ4n) is 1.68. The van der Waals surface area contributed by atoms with Crippen molar-refractivity contribution in [2.45, 2.75) is 26.9 Å². The molecule has 0 aliphatic heterocycles. The molecule has 0 fully saturated rings. The Kier molecular flexibility index (Phi) is 6.12. The minimum atomic E-state index is 0.646. The van der Waals surface area contributed by atoms with Crippen LogP contribution in [0.25, 0.3) is 0 Å². The third-order valence-electron chi connectivity index (χ3n) is 2.96. The summed E-state index contributed by atoms with van der Waals surface area (Å²) in [6, 6.07) is 16.3. The zero-order valence-electron chi connectivity index (χ0n) is 11.2. The molecule has 0 aromatic heterocycles. The number of hydrogen-bond donors (Lipinski definition) is 2. The van der Waals surface area contributed by atoms with E-state index in [4.69, 9.17) is 11.5 Å². The van der Waals surface area contributed by atoms with Gasteiger partial charge in [0.25, 0.3) is 0 Å². The van der Waals surface area contributed by atoms with Crippen LogP contribution in [0.4, 0.5) is 0 Å². The maximum Gasteiger partial charge on any atom is 0.0180 e. The van der Waals surface area contributed by atoms with Crippen LogP contribution < -0.4 is 11.5 Å². The van der Waals surface area contributed by atoms with E-state index < -0.39 is 0 Å². The molecule has 2 heteroatoms. The second-order valence-electron chi connectivity index (χ2n) is 4.26. The summed E-state index contributed by atoms with van der Waals surface area (Å²) in [6.07, 6.45) is 0. The van der Waals surface area contributed by atoms with Crippen LogP contribution in [0.1, 0.15) is 22.3 Å². The molecule has 0 bridgehead atoms. The SMILES string of the molecule is Cc1ccccc1CN.Cc1ccccc1CN. The van der Waals surface area contributed by atoms with Crippen molar-refractivity contribution in [3.8, 4) is 0 Å². The van der Waals surface area contributed by atoms with Crippen LogP contribution in [-0.4, -0.2) is 0 Å². The zero-order valence-corrected chi connectivity index (χ0v) is 11.2. The van der Waals surface area contributed by atoms with E-state index in [-0.39, 0.29) is 0 Å². The third kappa shape index (κ3) is 4.32. The molecule has 0 heterocycles. The second kappa shape index (κ2) is 7.64. The van der Waals surface area contributed by atoms with Gasteiger partial charge < -0.3 is 11.5 Å². The van der Waals surface area contributed by atoms with Gasteiger partial charge in [0.15, 0.2) is 0 Å². The molecular formula is C16H22N2. The van der Waals surface area contributed by atoms with Gasteiger partial charge in [0.1, 0.15) is 0 Å². The van der Waals surface area contributed by atoms with E-state index in [0.29, 0.717) is 13.1 Å². The lowest BCUT2D eigenvalue weighted by atomic mass is 10.1. The minimum Gasteiger partial charge on any atom is -0.326 e. The van der Waals surface area contributed by atoms with Gasteiger partial charge in [-0.3, -0.25) is 0 Å². The van der Waals surface area contributed by atoms with Crippen molar-refractivity contribution in [3.05, 3.63) is 70.8 Å². The van der Waals surface area contributed by atoms with Gasteiger partial charge in [0.05, 0.1) is 0 Å². The molecule has 4 N–H and O–H groups in total. The Hall–Kier alpha value is -1.64. The Morgan fingerprint density at radius 1 is 0.667 bits per heavy atom. The van der Waals surface area contributed by atoms with Gasteiger partial charge in [-0.25, -0.2) is 0 Å². The molecule has 2 nitrogen and oxygen atoms in total. The Morgan fingerprint density at radius 2 is 1.00 bits per heavy atom. The van der Waals surface area contributed by atoms with Gasteiger partial charge in [-0.15, -0.1) is 0 Å². The van der Waals surface area contributed by atoms with Crippen molar-refractivity contribution in [3.63, 3.8) is 0 Å². The molecule has 2 aromatic rings. The minimum absolute atomic E-state index is 0.646. The van der Waals surface area contributed by atoms with E-state index in [9.17, 15) is 0 Å². The molecule has 0 saturated heterocycles. The molecule has 0 spiro atoms. The maximum atomic E-state index is 5.45. The topological polar surface area (TPSA) is 52.0 Å². The van der Waals surface area contributed by atoms with Crippen LogP contribution in [0.15, 0.2) is 48.5 Å². The molecule has 0 aliphatic carbocycles. The predicted molar refractivity (Wildman–Crippen MR) is 78.1 cm³/mol. The third-order valence-corrected chi connectivity index (χ3v) is 2.96. The highest BCUT2D eigenvalue weighted by Crippen LogP contribution is 2.04. The Morgan fingerprint density at radius 3 is 1.22 bits per heavy atom. The number of rotatable bonds is 2. The Balaban J connectivity index is 0.000000180. The highest BCUT2D eigenvalue weighted by Gasteiger charge is 1.90. The number of nitrogens with two attached hydrogens (primary N) is 2. The Bertz CT molecular complexity index is 433. The summed E-state index contributed by atoms with van der Waals surface area (Å²) in [5.41, 5.74) is 15.9. The summed E-state index contributed by atoms with van der Waals surface area (Å²) in [7, 11) is 0.